The molecule has 2 N–H and O–H groups in total. The van der Waals surface area contributed by atoms with Gasteiger partial charge in [0.2, 0.25) is 5.91 Å². The fraction of sp³-hybridized carbons (Fsp3) is 0.591. The number of amides is 3. The molecule has 164 valence electrons. The second kappa shape index (κ2) is 9.04. The van der Waals surface area contributed by atoms with Crippen molar-refractivity contribution in [3.8, 4) is 0 Å². The second-order valence-corrected chi connectivity index (χ2v) is 8.72. The van der Waals surface area contributed by atoms with Gasteiger partial charge >= 0.3 is 11.8 Å². The first-order chi connectivity index (χ1) is 14.2. The minimum atomic E-state index is -0.967. The first-order valence-corrected chi connectivity index (χ1v) is 10.6. The van der Waals surface area contributed by atoms with Crippen molar-refractivity contribution in [1.29, 1.82) is 0 Å². The summed E-state index contributed by atoms with van der Waals surface area (Å²) in [6.45, 7) is 10.1. The number of nitrogens with two attached hydrogens (primary N) is 1. The molecular weight excluding hydrogens is 382 g/mol. The third-order valence-electron chi connectivity index (χ3n) is 6.11. The van der Waals surface area contributed by atoms with E-state index in [1.165, 1.54) is 4.90 Å². The third-order valence-corrected chi connectivity index (χ3v) is 6.11. The van der Waals surface area contributed by atoms with Gasteiger partial charge in [-0.2, -0.15) is 0 Å². The highest BCUT2D eigenvalue weighted by Gasteiger charge is 2.39. The van der Waals surface area contributed by atoms with Crippen molar-refractivity contribution >= 4 is 23.4 Å². The summed E-state index contributed by atoms with van der Waals surface area (Å²) in [7, 11) is 2.12. The molecule has 8 heteroatoms. The quantitative estimate of drug-likeness (QED) is 0.734. The molecule has 2 fully saturated rings. The molecular formula is C22H33N5O3. The maximum Gasteiger partial charge on any atom is 0.312 e. The molecule has 2 aliphatic heterocycles. The maximum absolute atomic E-state index is 12.8. The van der Waals surface area contributed by atoms with E-state index in [2.05, 4.69) is 29.0 Å². The third kappa shape index (κ3) is 4.59. The molecule has 1 aromatic rings. The summed E-state index contributed by atoms with van der Waals surface area (Å²) in [6.07, 6.45) is 0. The van der Waals surface area contributed by atoms with Gasteiger partial charge < -0.3 is 25.3 Å². The van der Waals surface area contributed by atoms with Gasteiger partial charge in [0, 0.05) is 56.9 Å². The number of benzene rings is 1. The molecule has 0 bridgehead atoms. The SMILES string of the molecule is CC(C)C(=O)N1C[C@H](c2cccc(N3CCN(C)CC3)c2)N(C(=O)C(N)=O)C[C@H]1C. The summed E-state index contributed by atoms with van der Waals surface area (Å²) in [6, 6.07) is 7.49. The minimum absolute atomic E-state index is 0.0499. The van der Waals surface area contributed by atoms with Crippen LogP contribution in [-0.2, 0) is 14.4 Å². The van der Waals surface area contributed by atoms with Gasteiger partial charge in [0.05, 0.1) is 6.04 Å². The lowest BCUT2D eigenvalue weighted by atomic mass is 9.97. The van der Waals surface area contributed by atoms with Gasteiger partial charge in [0.15, 0.2) is 0 Å². The average Bonchev–Trinajstić information content (AvgIpc) is 2.73. The predicted octanol–water partition coefficient (Wildman–Crippen LogP) is 0.680. The molecule has 8 nitrogen and oxygen atoms in total. The van der Waals surface area contributed by atoms with E-state index in [9.17, 15) is 14.4 Å². The Morgan fingerprint density at radius 3 is 2.30 bits per heavy atom. The van der Waals surface area contributed by atoms with Crippen LogP contribution in [0.4, 0.5) is 5.69 Å². The van der Waals surface area contributed by atoms with Crippen LogP contribution in [0, 0.1) is 5.92 Å². The van der Waals surface area contributed by atoms with E-state index in [0.717, 1.165) is 37.4 Å². The van der Waals surface area contributed by atoms with Crippen molar-refractivity contribution in [2.75, 3.05) is 51.2 Å². The molecule has 2 aliphatic rings. The summed E-state index contributed by atoms with van der Waals surface area (Å²) in [5.74, 6) is -1.75. The Bertz CT molecular complexity index is 804. The standard InChI is InChI=1S/C22H33N5O3/c1-15(2)21(29)26-14-19(27(13-16(26)3)22(30)20(23)28)17-6-5-7-18(12-17)25-10-8-24(4)9-11-25/h5-7,12,15-16,19H,8-11,13-14H2,1-4H3,(H2,23,28)/t16-,19-/m1/s1. The highest BCUT2D eigenvalue weighted by atomic mass is 16.2. The van der Waals surface area contributed by atoms with Gasteiger partial charge in [-0.1, -0.05) is 26.0 Å². The molecule has 0 aliphatic carbocycles. The molecule has 3 amide bonds. The molecule has 30 heavy (non-hydrogen) atoms. The Morgan fingerprint density at radius 1 is 1.03 bits per heavy atom. The van der Waals surface area contributed by atoms with Crippen molar-refractivity contribution in [2.24, 2.45) is 11.7 Å². The second-order valence-electron chi connectivity index (χ2n) is 8.72. The van der Waals surface area contributed by atoms with Crippen LogP contribution < -0.4 is 10.6 Å². The number of nitrogens with zero attached hydrogens (tertiary/aromatic N) is 4. The molecule has 3 rings (SSSR count). The van der Waals surface area contributed by atoms with Crippen LogP contribution in [0.1, 0.15) is 32.4 Å². The first kappa shape index (κ1) is 22.1. The average molecular weight is 416 g/mol. The predicted molar refractivity (Wildman–Crippen MR) is 116 cm³/mol. The first-order valence-electron chi connectivity index (χ1n) is 10.6. The summed E-state index contributed by atoms with van der Waals surface area (Å²) < 4.78 is 0. The van der Waals surface area contributed by atoms with Crippen LogP contribution in [0.25, 0.3) is 0 Å². The lowest BCUT2D eigenvalue weighted by Gasteiger charge is -2.45. The molecule has 2 heterocycles. The highest BCUT2D eigenvalue weighted by molar-refractivity contribution is 6.34. The van der Waals surface area contributed by atoms with Crippen LogP contribution in [0.5, 0.6) is 0 Å². The minimum Gasteiger partial charge on any atom is -0.369 e. The van der Waals surface area contributed by atoms with Gasteiger partial charge in [0.25, 0.3) is 0 Å². The van der Waals surface area contributed by atoms with Crippen molar-refractivity contribution in [3.05, 3.63) is 29.8 Å². The van der Waals surface area contributed by atoms with Gasteiger partial charge in [-0.25, -0.2) is 0 Å². The van der Waals surface area contributed by atoms with Crippen molar-refractivity contribution in [2.45, 2.75) is 32.9 Å². The van der Waals surface area contributed by atoms with Gasteiger partial charge in [-0.15, -0.1) is 0 Å². The fourth-order valence-electron chi connectivity index (χ4n) is 4.26. The number of hydrogen-bond acceptors (Lipinski definition) is 5. The monoisotopic (exact) mass is 415 g/mol. The van der Waals surface area contributed by atoms with Crippen molar-refractivity contribution in [1.82, 2.24) is 14.7 Å². The van der Waals surface area contributed by atoms with E-state index < -0.39 is 17.9 Å². The van der Waals surface area contributed by atoms with Crippen LogP contribution in [0.2, 0.25) is 0 Å². The van der Waals surface area contributed by atoms with Gasteiger partial charge in [-0.3, -0.25) is 14.4 Å². The lowest BCUT2D eigenvalue weighted by molar-refractivity contribution is -0.153. The summed E-state index contributed by atoms with van der Waals surface area (Å²) in [5.41, 5.74) is 7.33. The molecule has 2 saturated heterocycles. The van der Waals surface area contributed by atoms with Crippen LogP contribution in [0.3, 0.4) is 0 Å². The molecule has 0 spiro atoms. The molecule has 1 aromatic carbocycles. The Kier molecular flexibility index (Phi) is 6.65. The molecule has 0 radical (unpaired) electrons. The number of likely N-dealkylation sites (N-methyl/N-ethyl adjacent to an activating group) is 1. The smallest absolute Gasteiger partial charge is 0.312 e. The number of carbonyl (C=O) groups excluding carboxylic acids is 3. The van der Waals surface area contributed by atoms with E-state index in [-0.39, 0.29) is 24.4 Å². The maximum atomic E-state index is 12.8. The van der Waals surface area contributed by atoms with Crippen molar-refractivity contribution < 1.29 is 14.4 Å². The summed E-state index contributed by atoms with van der Waals surface area (Å²) in [5, 5.41) is 0. The lowest BCUT2D eigenvalue weighted by Crippen LogP contribution is -2.59. The zero-order valence-electron chi connectivity index (χ0n) is 18.4. The highest BCUT2D eigenvalue weighted by Crippen LogP contribution is 2.31. The summed E-state index contributed by atoms with van der Waals surface area (Å²) in [4.78, 5) is 45.0. The van der Waals surface area contributed by atoms with Gasteiger partial charge in [-0.05, 0) is 31.7 Å². The molecule has 2 atom stereocenters. The zero-order chi connectivity index (χ0) is 22.0. The normalized spacial score (nSPS) is 23.0. The summed E-state index contributed by atoms with van der Waals surface area (Å²) >= 11 is 0. The van der Waals surface area contributed by atoms with Crippen LogP contribution >= 0.6 is 0 Å². The van der Waals surface area contributed by atoms with Crippen LogP contribution in [-0.4, -0.2) is 84.8 Å². The number of carbonyl (C=O) groups is 3. The molecule has 0 aromatic heterocycles. The van der Waals surface area contributed by atoms with E-state index in [1.54, 1.807) is 0 Å². The van der Waals surface area contributed by atoms with Crippen LogP contribution in [0.15, 0.2) is 24.3 Å². The Morgan fingerprint density at radius 2 is 1.70 bits per heavy atom. The largest absolute Gasteiger partial charge is 0.369 e. The van der Waals surface area contributed by atoms with E-state index >= 15 is 0 Å². The van der Waals surface area contributed by atoms with Gasteiger partial charge in [0.1, 0.15) is 0 Å². The number of hydrogen-bond donors (Lipinski definition) is 1. The number of anilines is 1. The molecule has 0 unspecified atom stereocenters. The number of piperazine rings is 2. The Labute approximate surface area is 178 Å². The number of rotatable bonds is 3. The zero-order valence-corrected chi connectivity index (χ0v) is 18.4. The van der Waals surface area contributed by atoms with E-state index in [4.69, 9.17) is 5.73 Å². The Balaban J connectivity index is 1.92. The van der Waals surface area contributed by atoms with E-state index in [0.29, 0.717) is 6.54 Å². The number of primary amides is 1. The van der Waals surface area contributed by atoms with Crippen molar-refractivity contribution in [3.63, 3.8) is 0 Å². The molecule has 0 saturated carbocycles. The van der Waals surface area contributed by atoms with E-state index in [1.807, 2.05) is 37.8 Å². The fourth-order valence-corrected chi connectivity index (χ4v) is 4.26. The Hall–Kier alpha value is -2.61. The topological polar surface area (TPSA) is 90.2 Å².